The first-order valence-electron chi connectivity index (χ1n) is 9.73. The van der Waals surface area contributed by atoms with Crippen molar-refractivity contribution in [1.29, 1.82) is 0 Å². The number of urea groups is 1. The van der Waals surface area contributed by atoms with Gasteiger partial charge in [-0.05, 0) is 62.3 Å². The highest BCUT2D eigenvalue weighted by Crippen LogP contribution is 2.34. The van der Waals surface area contributed by atoms with Gasteiger partial charge < -0.3 is 15.7 Å². The predicted molar refractivity (Wildman–Crippen MR) is 100 cm³/mol. The maximum atomic E-state index is 13.4. The zero-order valence-corrected chi connectivity index (χ0v) is 15.7. The highest BCUT2D eigenvalue weighted by Gasteiger charge is 2.35. The lowest BCUT2D eigenvalue weighted by molar-refractivity contribution is -0.139. The Kier molecular flexibility index (Phi) is 6.31. The molecule has 3 N–H and O–H groups in total. The van der Waals surface area contributed by atoms with E-state index in [1.54, 1.807) is 12.1 Å². The van der Waals surface area contributed by atoms with E-state index in [0.29, 0.717) is 6.54 Å². The molecular formula is C20H28FN3O3. The second kappa shape index (κ2) is 8.69. The molecule has 3 rings (SSSR count). The number of nitrogens with one attached hydrogen (secondary N) is 2. The van der Waals surface area contributed by atoms with Crippen molar-refractivity contribution in [3.8, 4) is 0 Å². The van der Waals surface area contributed by atoms with Crippen LogP contribution in [0.3, 0.4) is 0 Å². The normalized spacial score (nSPS) is 27.2. The van der Waals surface area contributed by atoms with E-state index >= 15 is 0 Å². The smallest absolute Gasteiger partial charge is 0.317 e. The van der Waals surface area contributed by atoms with Gasteiger partial charge in [-0.1, -0.05) is 19.1 Å². The summed E-state index contributed by atoms with van der Waals surface area (Å²) in [5.74, 6) is -0.751. The Balaban J connectivity index is 1.39. The second-order valence-corrected chi connectivity index (χ2v) is 7.66. The molecule has 1 aromatic rings. The van der Waals surface area contributed by atoms with Gasteiger partial charge in [0.1, 0.15) is 5.82 Å². The summed E-state index contributed by atoms with van der Waals surface area (Å²) in [4.78, 5) is 25.0. The first-order valence-corrected chi connectivity index (χ1v) is 9.73. The molecule has 2 atom stereocenters. The molecule has 27 heavy (non-hydrogen) atoms. The van der Waals surface area contributed by atoms with Crippen molar-refractivity contribution >= 4 is 12.0 Å². The predicted octanol–water partition coefficient (Wildman–Crippen LogP) is 2.70. The lowest BCUT2D eigenvalue weighted by Gasteiger charge is -2.42. The summed E-state index contributed by atoms with van der Waals surface area (Å²) < 4.78 is 13.4. The lowest BCUT2D eigenvalue weighted by atomic mass is 9.85. The van der Waals surface area contributed by atoms with Crippen LogP contribution in [0.4, 0.5) is 9.18 Å². The number of hydrogen-bond donors (Lipinski definition) is 3. The number of rotatable bonds is 7. The summed E-state index contributed by atoms with van der Waals surface area (Å²) in [6, 6.07) is 6.97. The minimum atomic E-state index is -0.819. The minimum Gasteiger partial charge on any atom is -0.480 e. The molecule has 0 spiro atoms. The summed E-state index contributed by atoms with van der Waals surface area (Å²) in [6.07, 6.45) is 4.23. The number of carbonyl (C=O) groups is 2. The van der Waals surface area contributed by atoms with E-state index in [0.717, 1.165) is 37.7 Å². The first-order chi connectivity index (χ1) is 12.9. The van der Waals surface area contributed by atoms with Crippen LogP contribution >= 0.6 is 0 Å². The van der Waals surface area contributed by atoms with E-state index in [9.17, 15) is 14.0 Å². The number of likely N-dealkylation sites (N-methyl/N-ethyl adjacent to an activating group) is 1. The number of carbonyl (C=O) groups excluding carboxylic acids is 1. The van der Waals surface area contributed by atoms with Crippen LogP contribution in [0.1, 0.15) is 50.5 Å². The average Bonchev–Trinajstić information content (AvgIpc) is 3.04. The quantitative estimate of drug-likeness (QED) is 0.682. The van der Waals surface area contributed by atoms with Crippen LogP contribution in [-0.2, 0) is 4.79 Å². The highest BCUT2D eigenvalue weighted by molar-refractivity contribution is 5.74. The summed E-state index contributed by atoms with van der Waals surface area (Å²) in [5, 5.41) is 14.9. The number of amides is 2. The van der Waals surface area contributed by atoms with Crippen LogP contribution in [0, 0.1) is 5.82 Å². The van der Waals surface area contributed by atoms with E-state index in [1.807, 2.05) is 17.9 Å². The van der Waals surface area contributed by atoms with Crippen molar-refractivity contribution < 1.29 is 19.1 Å². The monoisotopic (exact) mass is 377 g/mol. The molecule has 148 valence electrons. The highest BCUT2D eigenvalue weighted by atomic mass is 19.1. The Hall–Kier alpha value is -2.15. The van der Waals surface area contributed by atoms with Gasteiger partial charge in [0, 0.05) is 18.1 Å². The molecule has 2 aliphatic rings. The molecule has 2 unspecified atom stereocenters. The second-order valence-electron chi connectivity index (χ2n) is 7.66. The molecule has 0 aromatic heterocycles. The fraction of sp³-hybridized carbons (Fsp3) is 0.600. The van der Waals surface area contributed by atoms with Crippen molar-refractivity contribution in [3.05, 3.63) is 35.6 Å². The van der Waals surface area contributed by atoms with Gasteiger partial charge in [0.2, 0.25) is 0 Å². The Morgan fingerprint density at radius 2 is 1.93 bits per heavy atom. The van der Waals surface area contributed by atoms with Gasteiger partial charge in [-0.2, -0.15) is 0 Å². The zero-order valence-electron chi connectivity index (χ0n) is 15.7. The summed E-state index contributed by atoms with van der Waals surface area (Å²) in [5.41, 5.74) is 1.000. The molecule has 0 saturated heterocycles. The molecule has 2 amide bonds. The van der Waals surface area contributed by atoms with Gasteiger partial charge in [-0.25, -0.2) is 9.18 Å². The van der Waals surface area contributed by atoms with Crippen LogP contribution in [-0.4, -0.2) is 53.2 Å². The van der Waals surface area contributed by atoms with Gasteiger partial charge in [0.25, 0.3) is 0 Å². The third-order valence-electron chi connectivity index (χ3n) is 5.80. The largest absolute Gasteiger partial charge is 0.480 e. The van der Waals surface area contributed by atoms with E-state index in [1.165, 1.54) is 6.07 Å². The molecule has 6 nitrogen and oxygen atoms in total. The van der Waals surface area contributed by atoms with Crippen molar-refractivity contribution in [3.63, 3.8) is 0 Å². The Morgan fingerprint density at radius 3 is 2.59 bits per heavy atom. The third-order valence-corrected chi connectivity index (χ3v) is 5.80. The molecule has 0 heterocycles. The minimum absolute atomic E-state index is 0.0453. The molecule has 0 aliphatic heterocycles. The molecule has 2 aliphatic carbocycles. The SMILES string of the molecule is CCN(CC(=O)O)C1CC(NC(=O)NC2CCC(c3cccc(F)c3)C2)C1. The lowest BCUT2D eigenvalue weighted by Crippen LogP contribution is -2.57. The van der Waals surface area contributed by atoms with Gasteiger partial charge >= 0.3 is 12.0 Å². The van der Waals surface area contributed by atoms with Crippen LogP contribution < -0.4 is 10.6 Å². The third kappa shape index (κ3) is 5.19. The summed E-state index contributed by atoms with van der Waals surface area (Å²) in [7, 11) is 0. The summed E-state index contributed by atoms with van der Waals surface area (Å²) in [6.45, 7) is 2.69. The van der Waals surface area contributed by atoms with Gasteiger partial charge in [-0.15, -0.1) is 0 Å². The number of halogens is 1. The Bertz CT molecular complexity index is 678. The average molecular weight is 377 g/mol. The number of benzene rings is 1. The first kappa shape index (κ1) is 19.6. The molecular weight excluding hydrogens is 349 g/mol. The van der Waals surface area contributed by atoms with Crippen molar-refractivity contribution in [1.82, 2.24) is 15.5 Å². The van der Waals surface area contributed by atoms with E-state index in [4.69, 9.17) is 5.11 Å². The molecule has 0 radical (unpaired) electrons. The van der Waals surface area contributed by atoms with Gasteiger partial charge in [0.05, 0.1) is 6.54 Å². The Morgan fingerprint density at radius 1 is 1.19 bits per heavy atom. The number of nitrogens with zero attached hydrogens (tertiary/aromatic N) is 1. The van der Waals surface area contributed by atoms with Crippen LogP contribution in [0.2, 0.25) is 0 Å². The number of aliphatic carboxylic acids is 1. The Labute approximate surface area is 159 Å². The van der Waals surface area contributed by atoms with Crippen LogP contribution in [0.25, 0.3) is 0 Å². The van der Waals surface area contributed by atoms with E-state index < -0.39 is 5.97 Å². The summed E-state index contributed by atoms with van der Waals surface area (Å²) >= 11 is 0. The number of carboxylic acids is 1. The van der Waals surface area contributed by atoms with E-state index in [2.05, 4.69) is 10.6 Å². The van der Waals surface area contributed by atoms with Crippen LogP contribution in [0.15, 0.2) is 24.3 Å². The van der Waals surface area contributed by atoms with E-state index in [-0.39, 0.29) is 42.4 Å². The zero-order chi connectivity index (χ0) is 19.4. The van der Waals surface area contributed by atoms with Crippen LogP contribution in [0.5, 0.6) is 0 Å². The molecule has 1 aromatic carbocycles. The van der Waals surface area contributed by atoms with Crippen molar-refractivity contribution in [2.45, 2.75) is 63.1 Å². The number of carboxylic acid groups (broad SMARTS) is 1. The van der Waals surface area contributed by atoms with Crippen molar-refractivity contribution in [2.24, 2.45) is 0 Å². The molecule has 0 bridgehead atoms. The van der Waals surface area contributed by atoms with Gasteiger partial charge in [0.15, 0.2) is 0 Å². The number of hydrogen-bond acceptors (Lipinski definition) is 3. The maximum Gasteiger partial charge on any atom is 0.317 e. The fourth-order valence-electron chi connectivity index (χ4n) is 4.26. The van der Waals surface area contributed by atoms with Crippen molar-refractivity contribution in [2.75, 3.05) is 13.1 Å². The maximum absolute atomic E-state index is 13.4. The standard InChI is InChI=1S/C20H28FN3O3/c1-2-24(12-19(25)26)18-10-17(11-18)23-20(27)22-16-7-6-14(9-16)13-4-3-5-15(21)8-13/h3-5,8,14,16-18H,2,6-7,9-12H2,1H3,(H,25,26)(H2,22,23,27). The molecule has 7 heteroatoms. The topological polar surface area (TPSA) is 81.7 Å². The fourth-order valence-corrected chi connectivity index (χ4v) is 4.26. The van der Waals surface area contributed by atoms with Gasteiger partial charge in [-0.3, -0.25) is 9.69 Å². The molecule has 2 saturated carbocycles. The molecule has 2 fully saturated rings.